The number of anilines is 1. The number of ether oxygens (including phenoxy) is 1. The molecule has 1 aliphatic heterocycles. The van der Waals surface area contributed by atoms with Gasteiger partial charge < -0.3 is 4.74 Å². The summed E-state index contributed by atoms with van der Waals surface area (Å²) in [7, 11) is -3.23. The fourth-order valence-electron chi connectivity index (χ4n) is 1.89. The molecule has 0 spiro atoms. The molecule has 1 aromatic heterocycles. The molecule has 0 unspecified atom stereocenters. The van der Waals surface area contributed by atoms with E-state index in [4.69, 9.17) is 4.74 Å². The zero-order valence-corrected chi connectivity index (χ0v) is 10.6. The monoisotopic (exact) mass is 259 g/mol. The zero-order valence-electron chi connectivity index (χ0n) is 9.80. The van der Waals surface area contributed by atoms with Crippen molar-refractivity contribution in [2.45, 2.75) is 31.9 Å². The van der Waals surface area contributed by atoms with Crippen LogP contribution in [0.4, 0.5) is 5.69 Å². The number of hydrogen-bond donors (Lipinski definition) is 1. The minimum atomic E-state index is -3.23. The topological polar surface area (TPSA) is 73.2 Å². The Morgan fingerprint density at radius 1 is 1.59 bits per heavy atom. The zero-order chi connectivity index (χ0) is 12.3. The summed E-state index contributed by atoms with van der Waals surface area (Å²) < 4.78 is 31.7. The Balaban J connectivity index is 1.93. The number of hydrogen-bond acceptors (Lipinski definition) is 4. The minimum Gasteiger partial charge on any atom is -0.376 e. The van der Waals surface area contributed by atoms with Crippen LogP contribution in [0, 0.1) is 0 Å². The molecule has 1 atom stereocenters. The summed E-state index contributed by atoms with van der Waals surface area (Å²) in [5.41, 5.74) is 0.489. The van der Waals surface area contributed by atoms with Crippen LogP contribution in [0.1, 0.15) is 19.3 Å². The number of nitrogens with zero attached hydrogens (tertiary/aromatic N) is 2. The maximum absolute atomic E-state index is 11.0. The smallest absolute Gasteiger partial charge is 0.229 e. The minimum absolute atomic E-state index is 0.190. The molecule has 1 N–H and O–H groups in total. The van der Waals surface area contributed by atoms with E-state index in [9.17, 15) is 8.42 Å². The van der Waals surface area contributed by atoms with Crippen molar-refractivity contribution in [3.63, 3.8) is 0 Å². The van der Waals surface area contributed by atoms with Crippen LogP contribution < -0.4 is 4.72 Å². The number of aromatic nitrogens is 2. The summed E-state index contributed by atoms with van der Waals surface area (Å²) in [4.78, 5) is 0. The fraction of sp³-hybridized carbons (Fsp3) is 0.700. The van der Waals surface area contributed by atoms with Gasteiger partial charge in [0.1, 0.15) is 0 Å². The number of nitrogens with one attached hydrogen (secondary N) is 1. The Hall–Kier alpha value is -1.08. The lowest BCUT2D eigenvalue weighted by Gasteiger charge is -2.22. The summed E-state index contributed by atoms with van der Waals surface area (Å²) >= 11 is 0. The van der Waals surface area contributed by atoms with E-state index in [1.807, 2.05) is 0 Å². The average Bonchev–Trinajstić information content (AvgIpc) is 2.64. The van der Waals surface area contributed by atoms with Gasteiger partial charge in [0.25, 0.3) is 0 Å². The van der Waals surface area contributed by atoms with E-state index in [1.54, 1.807) is 10.9 Å². The van der Waals surface area contributed by atoms with Crippen LogP contribution in [0.2, 0.25) is 0 Å². The average molecular weight is 259 g/mol. The van der Waals surface area contributed by atoms with Crippen LogP contribution in [-0.4, -0.2) is 37.2 Å². The van der Waals surface area contributed by atoms with E-state index in [-0.39, 0.29) is 6.10 Å². The van der Waals surface area contributed by atoms with Gasteiger partial charge in [-0.2, -0.15) is 5.10 Å². The third kappa shape index (κ3) is 4.01. The standard InChI is InChI=1S/C10H17N3O3S/c1-17(14,15)12-9-6-11-13(7-9)8-10-4-2-3-5-16-10/h6-7,10,12H,2-5,8H2,1H3/t10-/m0/s1. The molecule has 1 fully saturated rings. The predicted octanol–water partition coefficient (Wildman–Crippen LogP) is 0.824. The molecule has 2 heterocycles. The predicted molar refractivity (Wildman–Crippen MR) is 64.3 cm³/mol. The molecule has 1 saturated heterocycles. The van der Waals surface area contributed by atoms with Crippen LogP contribution in [0.5, 0.6) is 0 Å². The van der Waals surface area contributed by atoms with E-state index in [1.165, 1.54) is 12.6 Å². The molecule has 96 valence electrons. The highest BCUT2D eigenvalue weighted by Crippen LogP contribution is 2.15. The highest BCUT2D eigenvalue weighted by molar-refractivity contribution is 7.92. The first-order valence-electron chi connectivity index (χ1n) is 5.65. The Morgan fingerprint density at radius 3 is 3.06 bits per heavy atom. The van der Waals surface area contributed by atoms with Gasteiger partial charge >= 0.3 is 0 Å². The fourth-order valence-corrected chi connectivity index (χ4v) is 2.42. The molecule has 1 aromatic rings. The summed E-state index contributed by atoms with van der Waals surface area (Å²) in [6, 6.07) is 0. The van der Waals surface area contributed by atoms with E-state index in [2.05, 4.69) is 9.82 Å². The van der Waals surface area contributed by atoms with Crippen molar-refractivity contribution >= 4 is 15.7 Å². The van der Waals surface area contributed by atoms with Gasteiger partial charge in [0.2, 0.25) is 10.0 Å². The van der Waals surface area contributed by atoms with Gasteiger partial charge in [-0.3, -0.25) is 9.40 Å². The number of rotatable bonds is 4. The molecular weight excluding hydrogens is 242 g/mol. The molecule has 0 aromatic carbocycles. The Bertz CT molecular complexity index is 463. The Kier molecular flexibility index (Phi) is 3.68. The number of sulfonamides is 1. The molecule has 0 bridgehead atoms. The third-order valence-corrected chi connectivity index (χ3v) is 3.21. The Morgan fingerprint density at radius 2 is 2.41 bits per heavy atom. The van der Waals surface area contributed by atoms with Crippen LogP contribution in [-0.2, 0) is 21.3 Å². The highest BCUT2D eigenvalue weighted by Gasteiger charge is 2.15. The molecule has 0 radical (unpaired) electrons. The first-order chi connectivity index (χ1) is 8.03. The maximum Gasteiger partial charge on any atom is 0.229 e. The summed E-state index contributed by atoms with van der Waals surface area (Å²) in [6.45, 7) is 1.48. The maximum atomic E-state index is 11.0. The van der Waals surface area contributed by atoms with Gasteiger partial charge in [-0.25, -0.2) is 8.42 Å². The third-order valence-electron chi connectivity index (χ3n) is 2.60. The second-order valence-electron chi connectivity index (χ2n) is 4.31. The molecule has 2 rings (SSSR count). The first-order valence-corrected chi connectivity index (χ1v) is 7.54. The van der Waals surface area contributed by atoms with E-state index in [0.29, 0.717) is 12.2 Å². The lowest BCUT2D eigenvalue weighted by molar-refractivity contribution is 0.00401. The second kappa shape index (κ2) is 5.05. The van der Waals surface area contributed by atoms with Gasteiger partial charge in [0, 0.05) is 12.8 Å². The summed E-state index contributed by atoms with van der Waals surface area (Å²) in [6.07, 6.45) is 7.83. The van der Waals surface area contributed by atoms with Crippen molar-refractivity contribution in [1.82, 2.24) is 9.78 Å². The molecule has 6 nitrogen and oxygen atoms in total. The van der Waals surface area contributed by atoms with Crippen molar-refractivity contribution in [2.24, 2.45) is 0 Å². The molecular formula is C10H17N3O3S. The second-order valence-corrected chi connectivity index (χ2v) is 6.06. The van der Waals surface area contributed by atoms with Crippen LogP contribution >= 0.6 is 0 Å². The van der Waals surface area contributed by atoms with E-state index >= 15 is 0 Å². The van der Waals surface area contributed by atoms with Crippen molar-refractivity contribution in [1.29, 1.82) is 0 Å². The molecule has 17 heavy (non-hydrogen) atoms. The van der Waals surface area contributed by atoms with Gasteiger partial charge in [-0.1, -0.05) is 0 Å². The van der Waals surface area contributed by atoms with Crippen LogP contribution in [0.25, 0.3) is 0 Å². The van der Waals surface area contributed by atoms with Crippen LogP contribution in [0.3, 0.4) is 0 Å². The van der Waals surface area contributed by atoms with E-state index < -0.39 is 10.0 Å². The van der Waals surface area contributed by atoms with Crippen molar-refractivity contribution in [3.05, 3.63) is 12.4 Å². The SMILES string of the molecule is CS(=O)(=O)Nc1cnn(C[C@@H]2CCCCO2)c1. The Labute approximate surface area is 101 Å². The lowest BCUT2D eigenvalue weighted by Crippen LogP contribution is -2.24. The largest absolute Gasteiger partial charge is 0.376 e. The first kappa shape index (κ1) is 12.4. The quantitative estimate of drug-likeness (QED) is 0.869. The highest BCUT2D eigenvalue weighted by atomic mass is 32.2. The summed E-state index contributed by atoms with van der Waals surface area (Å²) in [5, 5.41) is 4.10. The van der Waals surface area contributed by atoms with Crippen molar-refractivity contribution < 1.29 is 13.2 Å². The lowest BCUT2D eigenvalue weighted by atomic mass is 10.1. The molecule has 0 amide bonds. The van der Waals surface area contributed by atoms with Gasteiger partial charge in [-0.15, -0.1) is 0 Å². The van der Waals surface area contributed by atoms with Crippen LogP contribution in [0.15, 0.2) is 12.4 Å². The van der Waals surface area contributed by atoms with Crippen molar-refractivity contribution in [3.8, 4) is 0 Å². The summed E-state index contributed by atoms with van der Waals surface area (Å²) in [5.74, 6) is 0. The van der Waals surface area contributed by atoms with Gasteiger partial charge in [-0.05, 0) is 19.3 Å². The van der Waals surface area contributed by atoms with Gasteiger partial charge in [0.15, 0.2) is 0 Å². The van der Waals surface area contributed by atoms with E-state index in [0.717, 1.165) is 25.7 Å². The normalized spacial score (nSPS) is 21.4. The molecule has 1 aliphatic rings. The van der Waals surface area contributed by atoms with Crippen molar-refractivity contribution in [2.75, 3.05) is 17.6 Å². The molecule has 0 aliphatic carbocycles. The molecule has 7 heteroatoms. The van der Waals surface area contributed by atoms with Gasteiger partial charge in [0.05, 0.1) is 30.8 Å². The molecule has 0 saturated carbocycles.